The second-order valence-electron chi connectivity index (χ2n) is 4.55. The highest BCUT2D eigenvalue weighted by molar-refractivity contribution is 5.86. The van der Waals surface area contributed by atoms with E-state index in [1.54, 1.807) is 6.92 Å². The summed E-state index contributed by atoms with van der Waals surface area (Å²) in [6, 6.07) is 0. The predicted molar refractivity (Wildman–Crippen MR) is 64.6 cm³/mol. The topological polar surface area (TPSA) is 61.8 Å². The van der Waals surface area contributed by atoms with Gasteiger partial charge in [-0.05, 0) is 13.3 Å². The van der Waals surface area contributed by atoms with E-state index in [9.17, 15) is 9.59 Å². The molecule has 0 unspecified atom stereocenters. The maximum atomic E-state index is 12.0. The Balaban J connectivity index is 3.16. The molecular formula is C13H20O5. The van der Waals surface area contributed by atoms with Crippen molar-refractivity contribution in [3.63, 3.8) is 0 Å². The standard InChI is InChI=1S/C13H20O5/c1-6-13(9(2)14)8-10(7-11(15)16-4)18-12(13,3)17-5/h7H,6,8H2,1-5H3/b10-7+/t12-,13-/m0/s1. The van der Waals surface area contributed by atoms with Crippen molar-refractivity contribution in [3.8, 4) is 0 Å². The lowest BCUT2D eigenvalue weighted by molar-refractivity contribution is -0.220. The first-order valence-electron chi connectivity index (χ1n) is 5.89. The van der Waals surface area contributed by atoms with Crippen LogP contribution < -0.4 is 0 Å². The number of ketones is 1. The number of methoxy groups -OCH3 is 2. The maximum absolute atomic E-state index is 12.0. The van der Waals surface area contributed by atoms with Crippen LogP contribution in [0.2, 0.25) is 0 Å². The van der Waals surface area contributed by atoms with Gasteiger partial charge < -0.3 is 14.2 Å². The normalized spacial score (nSPS) is 33.3. The Hall–Kier alpha value is -1.36. The van der Waals surface area contributed by atoms with E-state index in [-0.39, 0.29) is 5.78 Å². The Bertz CT molecular complexity index is 387. The second-order valence-corrected chi connectivity index (χ2v) is 4.55. The molecule has 0 aliphatic carbocycles. The van der Waals surface area contributed by atoms with Crippen LogP contribution in [0.15, 0.2) is 11.8 Å². The highest BCUT2D eigenvalue weighted by Gasteiger charge is 2.59. The molecule has 0 saturated carbocycles. The summed E-state index contributed by atoms with van der Waals surface area (Å²) in [5.74, 6) is -1.14. The molecule has 1 aliphatic rings. The number of carbonyl (C=O) groups excluding carboxylic acids is 2. The predicted octanol–water partition coefficient (Wildman–Crippen LogP) is 1.81. The van der Waals surface area contributed by atoms with Crippen LogP contribution in [-0.4, -0.2) is 31.8 Å². The third kappa shape index (κ3) is 2.14. The molecule has 0 aromatic rings. The van der Waals surface area contributed by atoms with Crippen molar-refractivity contribution >= 4 is 11.8 Å². The van der Waals surface area contributed by atoms with Gasteiger partial charge in [0.05, 0.1) is 13.2 Å². The molecule has 0 N–H and O–H groups in total. The molecule has 102 valence electrons. The van der Waals surface area contributed by atoms with E-state index < -0.39 is 17.2 Å². The molecule has 2 atom stereocenters. The zero-order chi connectivity index (χ0) is 14.0. The molecule has 0 aromatic carbocycles. The van der Waals surface area contributed by atoms with Crippen LogP contribution in [0.1, 0.15) is 33.6 Å². The third-order valence-corrected chi connectivity index (χ3v) is 3.82. The number of rotatable bonds is 4. The van der Waals surface area contributed by atoms with E-state index >= 15 is 0 Å². The van der Waals surface area contributed by atoms with Gasteiger partial charge in [0.25, 0.3) is 0 Å². The van der Waals surface area contributed by atoms with E-state index in [2.05, 4.69) is 4.74 Å². The van der Waals surface area contributed by atoms with Gasteiger partial charge in [-0.2, -0.15) is 0 Å². The van der Waals surface area contributed by atoms with Crippen LogP contribution in [0.25, 0.3) is 0 Å². The number of Topliss-reactive ketones (excluding diaryl/α,β-unsaturated/α-hetero) is 1. The number of hydrogen-bond acceptors (Lipinski definition) is 5. The van der Waals surface area contributed by atoms with Gasteiger partial charge in [-0.1, -0.05) is 6.92 Å². The fourth-order valence-corrected chi connectivity index (χ4v) is 2.49. The molecule has 5 nitrogen and oxygen atoms in total. The Morgan fingerprint density at radius 2 is 2.06 bits per heavy atom. The lowest BCUT2D eigenvalue weighted by Gasteiger charge is -2.37. The zero-order valence-corrected chi connectivity index (χ0v) is 11.5. The summed E-state index contributed by atoms with van der Waals surface area (Å²) in [6.45, 7) is 5.14. The van der Waals surface area contributed by atoms with Crippen molar-refractivity contribution in [2.24, 2.45) is 5.41 Å². The largest absolute Gasteiger partial charge is 0.466 e. The molecule has 0 aromatic heterocycles. The van der Waals surface area contributed by atoms with E-state index in [0.29, 0.717) is 18.6 Å². The first-order chi connectivity index (χ1) is 8.35. The highest BCUT2D eigenvalue weighted by atomic mass is 16.7. The summed E-state index contributed by atoms with van der Waals surface area (Å²) in [6.07, 6.45) is 2.18. The zero-order valence-electron chi connectivity index (χ0n) is 11.5. The summed E-state index contributed by atoms with van der Waals surface area (Å²) >= 11 is 0. The van der Waals surface area contributed by atoms with Gasteiger partial charge in [0.2, 0.25) is 5.79 Å². The van der Waals surface area contributed by atoms with Crippen LogP contribution >= 0.6 is 0 Å². The first-order valence-corrected chi connectivity index (χ1v) is 5.89. The van der Waals surface area contributed by atoms with Gasteiger partial charge in [0.15, 0.2) is 0 Å². The van der Waals surface area contributed by atoms with Crippen LogP contribution in [0.3, 0.4) is 0 Å². The minimum Gasteiger partial charge on any atom is -0.466 e. The first kappa shape index (κ1) is 14.7. The fraction of sp³-hybridized carbons (Fsp3) is 0.692. The van der Waals surface area contributed by atoms with Gasteiger partial charge in [-0.25, -0.2) is 4.79 Å². The molecule has 0 amide bonds. The quantitative estimate of drug-likeness (QED) is 0.567. The van der Waals surface area contributed by atoms with Crippen LogP contribution in [0.5, 0.6) is 0 Å². The summed E-state index contributed by atoms with van der Waals surface area (Å²) in [7, 11) is 2.79. The van der Waals surface area contributed by atoms with E-state index in [4.69, 9.17) is 9.47 Å². The Morgan fingerprint density at radius 3 is 2.39 bits per heavy atom. The minimum atomic E-state index is -1.05. The lowest BCUT2D eigenvalue weighted by Crippen LogP contribution is -2.48. The van der Waals surface area contributed by atoms with Crippen molar-refractivity contribution in [3.05, 3.63) is 11.8 Å². The van der Waals surface area contributed by atoms with Crippen LogP contribution in [0, 0.1) is 5.41 Å². The molecule has 1 aliphatic heterocycles. The van der Waals surface area contributed by atoms with Gasteiger partial charge in [-0.15, -0.1) is 0 Å². The molecule has 1 rings (SSSR count). The molecule has 0 bridgehead atoms. The second kappa shape index (κ2) is 5.10. The summed E-state index contributed by atoms with van der Waals surface area (Å²) < 4.78 is 15.6. The number of hydrogen-bond donors (Lipinski definition) is 0. The van der Waals surface area contributed by atoms with Crippen molar-refractivity contribution in [2.45, 2.75) is 39.4 Å². The Kier molecular flexibility index (Phi) is 4.16. The molecule has 0 spiro atoms. The average molecular weight is 256 g/mol. The SMILES string of the molecule is CC[C@@]1(C(C)=O)C/C(=C\C(=O)OC)O[C@]1(C)OC. The van der Waals surface area contributed by atoms with Gasteiger partial charge in [0, 0.05) is 20.5 Å². The maximum Gasteiger partial charge on any atom is 0.333 e. The van der Waals surface area contributed by atoms with E-state index in [0.717, 1.165) is 0 Å². The van der Waals surface area contributed by atoms with Crippen LogP contribution in [0.4, 0.5) is 0 Å². The number of ether oxygens (including phenoxy) is 3. The molecule has 1 saturated heterocycles. The lowest BCUT2D eigenvalue weighted by atomic mass is 9.73. The van der Waals surface area contributed by atoms with Crippen molar-refractivity contribution < 1.29 is 23.8 Å². The van der Waals surface area contributed by atoms with Crippen molar-refractivity contribution in [1.29, 1.82) is 0 Å². The molecule has 18 heavy (non-hydrogen) atoms. The summed E-state index contributed by atoms with van der Waals surface area (Å²) in [5, 5.41) is 0. The molecule has 5 heteroatoms. The van der Waals surface area contributed by atoms with Gasteiger partial charge >= 0.3 is 5.97 Å². The number of carbonyl (C=O) groups is 2. The Morgan fingerprint density at radius 1 is 1.44 bits per heavy atom. The molecule has 1 fully saturated rings. The smallest absolute Gasteiger partial charge is 0.333 e. The van der Waals surface area contributed by atoms with E-state index in [1.165, 1.54) is 27.2 Å². The third-order valence-electron chi connectivity index (χ3n) is 3.82. The summed E-state index contributed by atoms with van der Waals surface area (Å²) in [5.41, 5.74) is -0.762. The molecule has 1 heterocycles. The fourth-order valence-electron chi connectivity index (χ4n) is 2.49. The average Bonchev–Trinajstić information content (AvgIpc) is 2.63. The number of allylic oxidation sites excluding steroid dienone is 1. The minimum absolute atomic E-state index is 0.0115. The highest BCUT2D eigenvalue weighted by Crippen LogP contribution is 2.51. The van der Waals surface area contributed by atoms with Crippen molar-refractivity contribution in [2.75, 3.05) is 14.2 Å². The number of esters is 1. The van der Waals surface area contributed by atoms with Crippen LogP contribution in [-0.2, 0) is 23.8 Å². The Labute approximate surface area is 107 Å². The van der Waals surface area contributed by atoms with Crippen molar-refractivity contribution in [1.82, 2.24) is 0 Å². The molecular weight excluding hydrogens is 236 g/mol. The summed E-state index contributed by atoms with van der Waals surface area (Å²) in [4.78, 5) is 23.2. The molecule has 0 radical (unpaired) electrons. The van der Waals surface area contributed by atoms with Gasteiger partial charge in [-0.3, -0.25) is 4.79 Å². The van der Waals surface area contributed by atoms with Gasteiger partial charge in [0.1, 0.15) is 17.0 Å². The van der Waals surface area contributed by atoms with E-state index in [1.807, 2.05) is 6.92 Å². The monoisotopic (exact) mass is 256 g/mol.